The van der Waals surface area contributed by atoms with E-state index in [0.717, 1.165) is 0 Å². The van der Waals surface area contributed by atoms with Gasteiger partial charge in [-0.1, -0.05) is 23.2 Å². The zero-order valence-electron chi connectivity index (χ0n) is 5.59. The van der Waals surface area contributed by atoms with Crippen LogP contribution >= 0.6 is 23.2 Å². The van der Waals surface area contributed by atoms with Crippen molar-refractivity contribution in [2.75, 3.05) is 0 Å². The highest BCUT2D eigenvalue weighted by atomic mass is 35.5. The molecule has 4 heteroatoms. The predicted molar refractivity (Wildman–Crippen MR) is 45.0 cm³/mol. The Hall–Kier alpha value is -0.490. The van der Waals surface area contributed by atoms with Crippen molar-refractivity contribution in [3.63, 3.8) is 0 Å². The summed E-state index contributed by atoms with van der Waals surface area (Å²) in [5.41, 5.74) is 5.55. The first kappa shape index (κ1) is 8.61. The first-order valence-corrected chi connectivity index (χ1v) is 3.76. The first-order chi connectivity index (χ1) is 5.06. The van der Waals surface area contributed by atoms with Gasteiger partial charge in [-0.25, -0.2) is 0 Å². The van der Waals surface area contributed by atoms with Crippen LogP contribution in [-0.4, -0.2) is 5.00 Å². The summed E-state index contributed by atoms with van der Waals surface area (Å²) in [6.45, 7) is 0. The second kappa shape index (κ2) is 2.86. The summed E-state index contributed by atoms with van der Waals surface area (Å²) >= 11 is 11.4. The molecule has 1 aliphatic carbocycles. The molecule has 0 amide bonds. The third-order valence-electron chi connectivity index (χ3n) is 1.44. The number of nitrogens with zero attached hydrogens (tertiary/aromatic N) is 1. The second-order valence-corrected chi connectivity index (χ2v) is 3.41. The minimum atomic E-state index is -1.10. The summed E-state index contributed by atoms with van der Waals surface area (Å²) < 4.78 is 0. The van der Waals surface area contributed by atoms with Crippen LogP contribution in [0.5, 0.6) is 0 Å². The number of hydrogen-bond donors (Lipinski definition) is 1. The molecule has 11 heavy (non-hydrogen) atoms. The van der Waals surface area contributed by atoms with Crippen molar-refractivity contribution in [2.45, 2.75) is 5.00 Å². The van der Waals surface area contributed by atoms with E-state index in [0.29, 0.717) is 5.03 Å². The van der Waals surface area contributed by atoms with Gasteiger partial charge in [0.15, 0.2) is 0 Å². The molecule has 2 N–H and O–H groups in total. The number of allylic oxidation sites excluding steroid dienone is 2. The van der Waals surface area contributed by atoms with Crippen LogP contribution in [0, 0.1) is 17.2 Å². The quantitative estimate of drug-likeness (QED) is 0.465. The lowest BCUT2D eigenvalue weighted by Crippen LogP contribution is -2.39. The summed E-state index contributed by atoms with van der Waals surface area (Å²) in [6, 6.07) is 1.96. The highest BCUT2D eigenvalue weighted by Crippen LogP contribution is 2.29. The van der Waals surface area contributed by atoms with E-state index in [9.17, 15) is 0 Å². The average molecular weight is 189 g/mol. The fraction of sp³-hybridized carbons (Fsp3) is 0.286. The van der Waals surface area contributed by atoms with Crippen molar-refractivity contribution in [1.29, 1.82) is 5.26 Å². The average Bonchev–Trinajstić information content (AvgIpc) is 1.94. The van der Waals surface area contributed by atoms with Gasteiger partial charge in [0, 0.05) is 5.03 Å². The molecule has 0 bridgehead atoms. The highest BCUT2D eigenvalue weighted by molar-refractivity contribution is 6.32. The largest absolute Gasteiger partial charge is 0.308 e. The summed E-state index contributed by atoms with van der Waals surface area (Å²) in [4.78, 5) is -1.10. The van der Waals surface area contributed by atoms with Crippen molar-refractivity contribution >= 4 is 23.2 Å². The maximum absolute atomic E-state index is 8.59. The van der Waals surface area contributed by atoms with Gasteiger partial charge in [0.05, 0.1) is 6.07 Å². The highest BCUT2D eigenvalue weighted by Gasteiger charge is 2.31. The van der Waals surface area contributed by atoms with Crippen LogP contribution in [0.15, 0.2) is 23.3 Å². The summed E-state index contributed by atoms with van der Waals surface area (Å²) in [6.07, 6.45) is 4.64. The fourth-order valence-electron chi connectivity index (χ4n) is 0.790. The number of halogens is 2. The molecule has 0 radical (unpaired) electrons. The lowest BCUT2D eigenvalue weighted by Gasteiger charge is -2.23. The molecule has 58 valence electrons. The van der Waals surface area contributed by atoms with Crippen LogP contribution in [0.2, 0.25) is 0 Å². The van der Waals surface area contributed by atoms with Crippen LogP contribution in [0.4, 0.5) is 0 Å². The molecule has 0 spiro atoms. The molecule has 0 aromatic heterocycles. The first-order valence-electron chi connectivity index (χ1n) is 3.00. The van der Waals surface area contributed by atoms with Crippen LogP contribution in [0.3, 0.4) is 0 Å². The molecule has 0 aromatic carbocycles. The topological polar surface area (TPSA) is 49.8 Å². The van der Waals surface area contributed by atoms with Gasteiger partial charge in [-0.15, -0.1) is 0 Å². The van der Waals surface area contributed by atoms with Crippen LogP contribution in [0.1, 0.15) is 0 Å². The molecule has 2 nitrogen and oxygen atoms in total. The van der Waals surface area contributed by atoms with Crippen molar-refractivity contribution in [3.8, 4) is 6.07 Å². The molecule has 0 fully saturated rings. The van der Waals surface area contributed by atoms with E-state index < -0.39 is 10.9 Å². The van der Waals surface area contributed by atoms with E-state index in [2.05, 4.69) is 0 Å². The Morgan fingerprint density at radius 2 is 2.36 bits per heavy atom. The van der Waals surface area contributed by atoms with E-state index in [4.69, 9.17) is 34.2 Å². The van der Waals surface area contributed by atoms with Gasteiger partial charge >= 0.3 is 0 Å². The molecular weight excluding hydrogens is 183 g/mol. The molecular formula is C7H6Cl2N2. The number of hydrogen-bond acceptors (Lipinski definition) is 2. The Labute approximate surface area is 74.9 Å². The summed E-state index contributed by atoms with van der Waals surface area (Å²) in [7, 11) is 0. The third kappa shape index (κ3) is 1.75. The Bertz CT molecular complexity index is 260. The van der Waals surface area contributed by atoms with Crippen LogP contribution < -0.4 is 5.73 Å². The number of nitriles is 1. The van der Waals surface area contributed by atoms with Crippen molar-refractivity contribution < 1.29 is 0 Å². The monoisotopic (exact) mass is 188 g/mol. The Balaban J connectivity index is 2.95. The SMILES string of the molecule is N#CC1C=C(Cl)C=CC1(N)Cl. The normalized spacial score (nSPS) is 36.2. The van der Waals surface area contributed by atoms with Gasteiger partial charge in [0.25, 0.3) is 0 Å². The van der Waals surface area contributed by atoms with Crippen molar-refractivity contribution in [2.24, 2.45) is 11.7 Å². The smallest absolute Gasteiger partial charge is 0.130 e. The molecule has 1 rings (SSSR count). The molecule has 0 saturated carbocycles. The number of nitrogens with two attached hydrogens (primary N) is 1. The maximum Gasteiger partial charge on any atom is 0.130 e. The van der Waals surface area contributed by atoms with Gasteiger partial charge in [0.2, 0.25) is 0 Å². The predicted octanol–water partition coefficient (Wildman–Crippen LogP) is 1.71. The fourth-order valence-corrected chi connectivity index (χ4v) is 1.15. The Morgan fingerprint density at radius 1 is 1.73 bits per heavy atom. The zero-order chi connectivity index (χ0) is 8.48. The summed E-state index contributed by atoms with van der Waals surface area (Å²) in [5.74, 6) is -0.554. The minimum absolute atomic E-state index is 0.498. The minimum Gasteiger partial charge on any atom is -0.308 e. The maximum atomic E-state index is 8.59. The molecule has 0 heterocycles. The van der Waals surface area contributed by atoms with E-state index in [1.165, 1.54) is 12.2 Å². The van der Waals surface area contributed by atoms with Crippen molar-refractivity contribution in [1.82, 2.24) is 0 Å². The molecule has 2 unspecified atom stereocenters. The number of rotatable bonds is 0. The molecule has 1 aliphatic rings. The zero-order valence-corrected chi connectivity index (χ0v) is 7.10. The molecule has 0 aliphatic heterocycles. The van der Waals surface area contributed by atoms with E-state index in [-0.39, 0.29) is 0 Å². The van der Waals surface area contributed by atoms with E-state index in [1.54, 1.807) is 6.08 Å². The Morgan fingerprint density at radius 3 is 2.82 bits per heavy atom. The van der Waals surface area contributed by atoms with Crippen LogP contribution in [-0.2, 0) is 0 Å². The lowest BCUT2D eigenvalue weighted by atomic mass is 9.97. The van der Waals surface area contributed by atoms with E-state index in [1.807, 2.05) is 6.07 Å². The van der Waals surface area contributed by atoms with Gasteiger partial charge in [-0.3, -0.25) is 0 Å². The van der Waals surface area contributed by atoms with Gasteiger partial charge in [0.1, 0.15) is 10.9 Å². The van der Waals surface area contributed by atoms with Gasteiger partial charge in [-0.05, 0) is 18.2 Å². The molecule has 0 aromatic rings. The second-order valence-electron chi connectivity index (χ2n) is 2.32. The van der Waals surface area contributed by atoms with Gasteiger partial charge in [-0.2, -0.15) is 5.26 Å². The number of alkyl halides is 1. The molecule has 2 atom stereocenters. The lowest BCUT2D eigenvalue weighted by molar-refractivity contribution is 0.626. The summed E-state index contributed by atoms with van der Waals surface area (Å²) in [5, 5.41) is 9.09. The Kier molecular flexibility index (Phi) is 2.24. The third-order valence-corrected chi connectivity index (χ3v) is 2.05. The van der Waals surface area contributed by atoms with Crippen molar-refractivity contribution in [3.05, 3.63) is 23.3 Å². The van der Waals surface area contributed by atoms with Crippen LogP contribution in [0.25, 0.3) is 0 Å². The molecule has 0 saturated heterocycles. The van der Waals surface area contributed by atoms with E-state index >= 15 is 0 Å². The standard InChI is InChI=1S/C7H6Cl2N2/c8-6-1-2-7(9,11)5(3-6)4-10/h1-3,5H,11H2. The van der Waals surface area contributed by atoms with Gasteiger partial charge < -0.3 is 5.73 Å².